The van der Waals surface area contributed by atoms with Gasteiger partial charge < -0.3 is 21.9 Å². The van der Waals surface area contributed by atoms with Gasteiger partial charge in [-0.2, -0.15) is 10.5 Å². The van der Waals surface area contributed by atoms with Crippen LogP contribution >= 0.6 is 0 Å². The van der Waals surface area contributed by atoms with Gasteiger partial charge in [-0.3, -0.25) is 5.32 Å². The summed E-state index contributed by atoms with van der Waals surface area (Å²) in [5.41, 5.74) is 13.2. The highest BCUT2D eigenvalue weighted by Gasteiger charge is 2.29. The molecule has 1 aromatic heterocycles. The lowest BCUT2D eigenvalue weighted by Crippen LogP contribution is -2.32. The molecule has 0 bridgehead atoms. The Kier molecular flexibility index (Phi) is 4.97. The number of benzene rings is 1. The van der Waals surface area contributed by atoms with Gasteiger partial charge >= 0.3 is 0 Å². The first-order chi connectivity index (χ1) is 13.7. The number of rotatable bonds is 1. The van der Waals surface area contributed by atoms with Crippen molar-refractivity contribution >= 4 is 23.3 Å². The molecule has 7 N–H and O–H groups in total. The van der Waals surface area contributed by atoms with Crippen molar-refractivity contribution in [2.24, 2.45) is 4.99 Å². The fourth-order valence-corrected chi connectivity index (χ4v) is 2.80. The Morgan fingerprint density at radius 3 is 2.48 bits per heavy atom. The monoisotopic (exact) mass is 386 g/mol. The summed E-state index contributed by atoms with van der Waals surface area (Å²) >= 11 is 0. The third kappa shape index (κ3) is 4.03. The molecule has 2 aromatic rings. The second-order valence-corrected chi connectivity index (χ2v) is 6.83. The fourth-order valence-electron chi connectivity index (χ4n) is 2.80. The summed E-state index contributed by atoms with van der Waals surface area (Å²) in [5.74, 6) is 6.15. The topological polar surface area (TPSA) is 169 Å². The van der Waals surface area contributed by atoms with Crippen molar-refractivity contribution in [1.29, 1.82) is 10.5 Å². The predicted octanol–water partition coefficient (Wildman–Crippen LogP) is 1.18. The minimum atomic E-state index is -1.09. The van der Waals surface area contributed by atoms with E-state index in [1.54, 1.807) is 32.2 Å². The van der Waals surface area contributed by atoms with Gasteiger partial charge in [0.05, 0.1) is 5.69 Å². The van der Waals surface area contributed by atoms with E-state index in [2.05, 4.69) is 32.5 Å². The molecule has 0 amide bonds. The van der Waals surface area contributed by atoms with Gasteiger partial charge in [0.25, 0.3) is 0 Å². The van der Waals surface area contributed by atoms with Crippen LogP contribution in [0.15, 0.2) is 29.3 Å². The van der Waals surface area contributed by atoms with E-state index in [-0.39, 0.29) is 23.0 Å². The average molecular weight is 386 g/mol. The van der Waals surface area contributed by atoms with Crippen LogP contribution in [0, 0.1) is 34.6 Å². The first-order valence-electron chi connectivity index (χ1n) is 8.58. The van der Waals surface area contributed by atoms with Crippen molar-refractivity contribution in [3.05, 3.63) is 46.5 Å². The number of nitrogens with one attached hydrogen (secondary N) is 2. The highest BCUT2D eigenvalue weighted by atomic mass is 16.3. The highest BCUT2D eigenvalue weighted by Crippen LogP contribution is 2.40. The molecule has 1 unspecified atom stereocenters. The van der Waals surface area contributed by atoms with E-state index in [1.165, 1.54) is 0 Å². The molecule has 2 heterocycles. The van der Waals surface area contributed by atoms with Gasteiger partial charge in [0.1, 0.15) is 34.9 Å². The van der Waals surface area contributed by atoms with Crippen LogP contribution in [0.4, 0.5) is 17.3 Å². The fraction of sp³-hybridized carbons (Fsp3) is 0.200. The van der Waals surface area contributed by atoms with Crippen molar-refractivity contribution < 1.29 is 5.11 Å². The Morgan fingerprint density at radius 2 is 1.90 bits per heavy atom. The molecule has 9 heteroatoms. The summed E-state index contributed by atoms with van der Waals surface area (Å²) in [6, 6.07) is 8.54. The van der Waals surface area contributed by atoms with Crippen molar-refractivity contribution in [2.75, 3.05) is 16.8 Å². The molecule has 0 saturated carbocycles. The predicted molar refractivity (Wildman–Crippen MR) is 109 cm³/mol. The van der Waals surface area contributed by atoms with Crippen LogP contribution < -0.4 is 22.1 Å². The Hall–Kier alpha value is -4.26. The number of hydrogen-bond donors (Lipinski definition) is 5. The number of pyridine rings is 1. The van der Waals surface area contributed by atoms with Gasteiger partial charge in [0, 0.05) is 11.1 Å². The third-order valence-corrected chi connectivity index (χ3v) is 4.10. The third-order valence-electron chi connectivity index (χ3n) is 4.10. The number of nitrogens with two attached hydrogens (primary N) is 2. The zero-order chi connectivity index (χ0) is 21.2. The number of aromatic nitrogens is 1. The molecule has 0 fully saturated rings. The lowest BCUT2D eigenvalue weighted by Gasteiger charge is -2.26. The van der Waals surface area contributed by atoms with Crippen molar-refractivity contribution in [1.82, 2.24) is 10.3 Å². The Balaban J connectivity index is 2.10. The minimum Gasteiger partial charge on any atom is -0.397 e. The van der Waals surface area contributed by atoms with E-state index in [0.717, 1.165) is 5.56 Å². The highest BCUT2D eigenvalue weighted by molar-refractivity contribution is 5.98. The SMILES string of the molecule is CC(C)(O)C#Cc1ccc(C2N=C(NC#N)Nc3nc(N)c(C#N)c(N)c32)cc1. The minimum absolute atomic E-state index is 0.00884. The normalized spacial score (nSPS) is 14.8. The van der Waals surface area contributed by atoms with Crippen LogP contribution in [0.2, 0.25) is 0 Å². The largest absolute Gasteiger partial charge is 0.397 e. The maximum absolute atomic E-state index is 9.74. The quantitative estimate of drug-likeness (QED) is 0.276. The maximum atomic E-state index is 9.74. The molecule has 1 aliphatic heterocycles. The lowest BCUT2D eigenvalue weighted by atomic mass is 9.94. The van der Waals surface area contributed by atoms with Crippen LogP contribution in [0.3, 0.4) is 0 Å². The molecular formula is C20H18N8O. The summed E-state index contributed by atoms with van der Waals surface area (Å²) in [5, 5.41) is 33.4. The first-order valence-corrected chi connectivity index (χ1v) is 8.58. The Morgan fingerprint density at radius 1 is 1.21 bits per heavy atom. The molecule has 9 nitrogen and oxygen atoms in total. The number of nitrogen functional groups attached to an aromatic ring is 2. The number of aliphatic imine (C=N–C) groups is 1. The number of anilines is 3. The van der Waals surface area contributed by atoms with Crippen molar-refractivity contribution in [2.45, 2.75) is 25.5 Å². The van der Waals surface area contributed by atoms with Crippen molar-refractivity contribution in [3.63, 3.8) is 0 Å². The van der Waals surface area contributed by atoms with Gasteiger partial charge in [0.2, 0.25) is 5.96 Å². The van der Waals surface area contributed by atoms with Gasteiger partial charge in [-0.05, 0) is 31.5 Å². The zero-order valence-corrected chi connectivity index (χ0v) is 15.8. The summed E-state index contributed by atoms with van der Waals surface area (Å²) in [6.07, 6.45) is 1.80. The summed E-state index contributed by atoms with van der Waals surface area (Å²) < 4.78 is 0. The second-order valence-electron chi connectivity index (χ2n) is 6.83. The van der Waals surface area contributed by atoms with Crippen molar-refractivity contribution in [3.8, 4) is 24.1 Å². The van der Waals surface area contributed by atoms with Gasteiger partial charge in [-0.15, -0.1) is 0 Å². The lowest BCUT2D eigenvalue weighted by molar-refractivity contribution is 0.143. The number of guanidine groups is 1. The maximum Gasteiger partial charge on any atom is 0.211 e. The molecule has 3 rings (SSSR count). The number of aliphatic hydroxyl groups is 1. The van der Waals surface area contributed by atoms with E-state index >= 15 is 0 Å². The number of nitrogens with zero attached hydrogens (tertiary/aromatic N) is 4. The van der Waals surface area contributed by atoms with Crippen LogP contribution in [0.5, 0.6) is 0 Å². The van der Waals surface area contributed by atoms with Crippen LogP contribution in [-0.4, -0.2) is 21.7 Å². The molecule has 0 saturated heterocycles. The number of nitriles is 2. The Bertz CT molecular complexity index is 1140. The van der Waals surface area contributed by atoms with E-state index in [1.807, 2.05) is 18.2 Å². The summed E-state index contributed by atoms with van der Waals surface area (Å²) in [7, 11) is 0. The number of hydrogen-bond acceptors (Lipinski definition) is 9. The molecule has 0 spiro atoms. The van der Waals surface area contributed by atoms with Crippen LogP contribution in [0.25, 0.3) is 0 Å². The molecule has 1 atom stereocenters. The van der Waals surface area contributed by atoms with E-state index in [0.29, 0.717) is 16.9 Å². The zero-order valence-electron chi connectivity index (χ0n) is 15.8. The second kappa shape index (κ2) is 7.40. The first kappa shape index (κ1) is 19.5. The summed E-state index contributed by atoms with van der Waals surface area (Å²) in [6.45, 7) is 3.21. The summed E-state index contributed by atoms with van der Waals surface area (Å²) in [4.78, 5) is 8.70. The van der Waals surface area contributed by atoms with Crippen LogP contribution in [0.1, 0.15) is 42.1 Å². The van der Waals surface area contributed by atoms with Gasteiger partial charge in [-0.1, -0.05) is 24.0 Å². The van der Waals surface area contributed by atoms with Gasteiger partial charge in [0.15, 0.2) is 6.19 Å². The molecule has 29 heavy (non-hydrogen) atoms. The standard InChI is InChI=1S/C20H18N8O/c1-20(2,29)8-7-11-3-5-12(6-4-11)16-14-15(23)13(9-21)17(24)27-18(14)28-19(26-16)25-10-22/h3-6,16,29H,1-2H3,(H6,23,24,25,26,27,28). The van der Waals surface area contributed by atoms with E-state index < -0.39 is 11.6 Å². The molecule has 0 aliphatic carbocycles. The van der Waals surface area contributed by atoms with E-state index in [9.17, 15) is 10.4 Å². The average Bonchev–Trinajstić information content (AvgIpc) is 2.66. The Labute approximate surface area is 167 Å². The molecular weight excluding hydrogens is 368 g/mol. The molecule has 1 aromatic carbocycles. The number of fused-ring (bicyclic) bond motifs is 1. The smallest absolute Gasteiger partial charge is 0.211 e. The van der Waals surface area contributed by atoms with E-state index in [4.69, 9.17) is 16.7 Å². The molecule has 0 radical (unpaired) electrons. The molecule has 144 valence electrons. The van der Waals surface area contributed by atoms with Crippen LogP contribution in [-0.2, 0) is 0 Å². The molecule has 1 aliphatic rings. The van der Waals surface area contributed by atoms with Gasteiger partial charge in [-0.25, -0.2) is 9.98 Å².